The fourth-order valence-corrected chi connectivity index (χ4v) is 4.74. The van der Waals surface area contributed by atoms with Crippen molar-refractivity contribution in [3.8, 4) is 5.69 Å². The molecule has 0 spiro atoms. The maximum atomic E-state index is 14.0. The van der Waals surface area contributed by atoms with E-state index in [0.717, 1.165) is 22.8 Å². The zero-order valence-corrected chi connectivity index (χ0v) is 18.8. The first kappa shape index (κ1) is 20.7. The van der Waals surface area contributed by atoms with Gasteiger partial charge in [-0.3, -0.25) is 4.98 Å². The van der Waals surface area contributed by atoms with Gasteiger partial charge in [0.05, 0.1) is 11.7 Å². The summed E-state index contributed by atoms with van der Waals surface area (Å²) in [4.78, 5) is 6.63. The Bertz CT molecular complexity index is 1290. The van der Waals surface area contributed by atoms with Crippen LogP contribution in [0.2, 0.25) is 5.02 Å². The Morgan fingerprint density at radius 3 is 2.62 bits per heavy atom. The second kappa shape index (κ2) is 8.37. The summed E-state index contributed by atoms with van der Waals surface area (Å²) in [5.74, 6) is -0.244. The molecule has 1 aliphatic heterocycles. The molecule has 3 heterocycles. The first-order chi connectivity index (χ1) is 15.5. The number of aromatic nitrogens is 2. The molecule has 7 heteroatoms. The van der Waals surface area contributed by atoms with E-state index >= 15 is 0 Å². The van der Waals surface area contributed by atoms with Gasteiger partial charge in [0.1, 0.15) is 11.9 Å². The van der Waals surface area contributed by atoms with Crippen LogP contribution in [0.1, 0.15) is 29.0 Å². The van der Waals surface area contributed by atoms with Crippen LogP contribution in [-0.4, -0.2) is 14.7 Å². The number of thiocarbonyl (C=S) groups is 1. The minimum absolute atomic E-state index is 0.193. The number of nitrogens with zero attached hydrogens (tertiary/aromatic N) is 3. The van der Waals surface area contributed by atoms with E-state index in [4.69, 9.17) is 23.8 Å². The molecule has 0 saturated carbocycles. The van der Waals surface area contributed by atoms with E-state index in [9.17, 15) is 4.39 Å². The lowest BCUT2D eigenvalue weighted by Crippen LogP contribution is -2.30. The van der Waals surface area contributed by atoms with Crippen molar-refractivity contribution >= 4 is 34.6 Å². The van der Waals surface area contributed by atoms with Gasteiger partial charge in [-0.05, 0) is 85.4 Å². The Labute approximate surface area is 196 Å². The average molecular weight is 463 g/mol. The number of pyridine rings is 1. The normalized spacial score (nSPS) is 18.1. The fraction of sp³-hybridized carbons (Fsp3) is 0.120. The zero-order chi connectivity index (χ0) is 22.2. The molecular formula is C25H20ClFN4S. The summed E-state index contributed by atoms with van der Waals surface area (Å²) in [6.07, 6.45) is 3.78. The quantitative estimate of drug-likeness (QED) is 0.369. The molecule has 0 aliphatic carbocycles. The largest absolute Gasteiger partial charge is 0.351 e. The van der Waals surface area contributed by atoms with Gasteiger partial charge in [0.15, 0.2) is 5.11 Å². The van der Waals surface area contributed by atoms with Crippen molar-refractivity contribution in [3.05, 3.63) is 113 Å². The fourth-order valence-electron chi connectivity index (χ4n) is 4.21. The zero-order valence-electron chi connectivity index (χ0n) is 17.2. The van der Waals surface area contributed by atoms with Gasteiger partial charge in [0.25, 0.3) is 0 Å². The van der Waals surface area contributed by atoms with Crippen molar-refractivity contribution in [2.75, 3.05) is 4.90 Å². The third-order valence-electron chi connectivity index (χ3n) is 5.69. The van der Waals surface area contributed by atoms with Crippen LogP contribution in [0, 0.1) is 12.7 Å². The molecule has 2 unspecified atom stereocenters. The van der Waals surface area contributed by atoms with Crippen molar-refractivity contribution < 1.29 is 4.39 Å². The summed E-state index contributed by atoms with van der Waals surface area (Å²) >= 11 is 12.0. The molecule has 32 heavy (non-hydrogen) atoms. The van der Waals surface area contributed by atoms with Gasteiger partial charge in [-0.15, -0.1) is 0 Å². The molecule has 4 aromatic rings. The molecule has 0 bridgehead atoms. The van der Waals surface area contributed by atoms with E-state index in [1.807, 2.05) is 65.7 Å². The van der Waals surface area contributed by atoms with Crippen molar-refractivity contribution in [2.45, 2.75) is 19.0 Å². The summed E-state index contributed by atoms with van der Waals surface area (Å²) in [7, 11) is 0. The lowest BCUT2D eigenvalue weighted by Gasteiger charge is -2.29. The lowest BCUT2D eigenvalue weighted by molar-refractivity contribution is 0.549. The first-order valence-corrected chi connectivity index (χ1v) is 11.0. The van der Waals surface area contributed by atoms with Crippen molar-refractivity contribution in [3.63, 3.8) is 0 Å². The second-order valence-corrected chi connectivity index (χ2v) is 8.54. The second-order valence-electron chi connectivity index (χ2n) is 7.71. The Kier molecular flexibility index (Phi) is 5.41. The minimum Gasteiger partial charge on any atom is -0.351 e. The maximum Gasteiger partial charge on any atom is 0.174 e. The number of hydrogen-bond donors (Lipinski definition) is 1. The molecule has 2 aromatic heterocycles. The summed E-state index contributed by atoms with van der Waals surface area (Å²) in [5.41, 5.74) is 4.22. The summed E-state index contributed by atoms with van der Waals surface area (Å²) in [6, 6.07) is 22.3. The number of nitrogens with one attached hydrogen (secondary N) is 1. The van der Waals surface area contributed by atoms with Crippen LogP contribution < -0.4 is 10.2 Å². The Morgan fingerprint density at radius 2 is 1.88 bits per heavy atom. The summed E-state index contributed by atoms with van der Waals surface area (Å²) in [5, 5.41) is 4.67. The number of aryl methyl sites for hydroxylation is 1. The van der Waals surface area contributed by atoms with E-state index in [1.165, 1.54) is 6.07 Å². The molecule has 0 amide bonds. The molecule has 1 N–H and O–H groups in total. The highest BCUT2D eigenvalue weighted by molar-refractivity contribution is 7.80. The lowest BCUT2D eigenvalue weighted by atomic mass is 10.0. The number of halogens is 2. The molecule has 160 valence electrons. The van der Waals surface area contributed by atoms with Gasteiger partial charge in [-0.25, -0.2) is 4.39 Å². The molecule has 1 saturated heterocycles. The highest BCUT2D eigenvalue weighted by Gasteiger charge is 2.42. The Morgan fingerprint density at radius 1 is 1.00 bits per heavy atom. The minimum atomic E-state index is -0.244. The van der Waals surface area contributed by atoms with Gasteiger partial charge >= 0.3 is 0 Å². The van der Waals surface area contributed by atoms with E-state index in [-0.39, 0.29) is 17.9 Å². The van der Waals surface area contributed by atoms with Crippen LogP contribution in [0.5, 0.6) is 0 Å². The smallest absolute Gasteiger partial charge is 0.174 e. The van der Waals surface area contributed by atoms with E-state index < -0.39 is 0 Å². The number of rotatable bonds is 4. The molecule has 2 atom stereocenters. The third kappa shape index (κ3) is 3.66. The van der Waals surface area contributed by atoms with Crippen LogP contribution in [-0.2, 0) is 0 Å². The third-order valence-corrected chi connectivity index (χ3v) is 6.24. The van der Waals surface area contributed by atoms with Crippen molar-refractivity contribution in [2.24, 2.45) is 0 Å². The van der Waals surface area contributed by atoms with E-state index in [0.29, 0.717) is 15.7 Å². The Hall–Kier alpha value is -3.22. The molecule has 0 radical (unpaired) electrons. The monoisotopic (exact) mass is 462 g/mol. The predicted octanol–water partition coefficient (Wildman–Crippen LogP) is 6.15. The van der Waals surface area contributed by atoms with Crippen LogP contribution in [0.3, 0.4) is 0 Å². The van der Waals surface area contributed by atoms with Crippen LogP contribution in [0.15, 0.2) is 85.2 Å². The molecule has 2 aromatic carbocycles. The first-order valence-electron chi connectivity index (χ1n) is 10.2. The SMILES string of the molecule is Cc1cc(N2C(=S)NC(c3ccccn3)C2c2cccn2-c2cccc(Cl)c2)ccc1F. The molecule has 5 rings (SSSR count). The molecular weight excluding hydrogens is 443 g/mol. The van der Waals surface area contributed by atoms with Crippen molar-refractivity contribution in [1.82, 2.24) is 14.9 Å². The standard InChI is InChI=1S/C25H20ClFN4S/c1-16-14-19(10-11-20(16)27)31-24(23(29-25(31)32)21-8-2-3-12-28-21)22-9-5-13-30(22)18-7-4-6-17(26)15-18/h2-15,23-24H,1H3,(H,29,32). The Balaban J connectivity index is 1.68. The summed E-state index contributed by atoms with van der Waals surface area (Å²) < 4.78 is 16.1. The molecule has 1 fully saturated rings. The summed E-state index contributed by atoms with van der Waals surface area (Å²) in [6.45, 7) is 1.76. The van der Waals surface area contributed by atoms with Crippen LogP contribution in [0.25, 0.3) is 5.69 Å². The average Bonchev–Trinajstić information content (AvgIpc) is 3.40. The van der Waals surface area contributed by atoms with Crippen LogP contribution in [0.4, 0.5) is 10.1 Å². The molecule has 4 nitrogen and oxygen atoms in total. The van der Waals surface area contributed by atoms with Gasteiger partial charge in [0.2, 0.25) is 0 Å². The maximum absolute atomic E-state index is 14.0. The van der Waals surface area contributed by atoms with Gasteiger partial charge < -0.3 is 14.8 Å². The predicted molar refractivity (Wildman–Crippen MR) is 130 cm³/mol. The highest BCUT2D eigenvalue weighted by atomic mass is 35.5. The number of benzene rings is 2. The highest BCUT2D eigenvalue weighted by Crippen LogP contribution is 2.42. The van der Waals surface area contributed by atoms with E-state index in [1.54, 1.807) is 19.2 Å². The van der Waals surface area contributed by atoms with E-state index in [2.05, 4.69) is 20.9 Å². The number of anilines is 1. The van der Waals surface area contributed by atoms with Gasteiger partial charge in [-0.1, -0.05) is 23.7 Å². The number of hydrogen-bond acceptors (Lipinski definition) is 2. The molecule has 1 aliphatic rings. The van der Waals surface area contributed by atoms with Gasteiger partial charge in [-0.2, -0.15) is 0 Å². The van der Waals surface area contributed by atoms with Crippen molar-refractivity contribution in [1.29, 1.82) is 0 Å². The van der Waals surface area contributed by atoms with Crippen LogP contribution >= 0.6 is 23.8 Å². The topological polar surface area (TPSA) is 33.1 Å². The van der Waals surface area contributed by atoms with Gasteiger partial charge in [0, 0.05) is 34.5 Å².